The molecule has 3 fully saturated rings. The van der Waals surface area contributed by atoms with E-state index in [1.54, 1.807) is 0 Å². The molecule has 3 atom stereocenters. The van der Waals surface area contributed by atoms with Gasteiger partial charge in [-0.25, -0.2) is 0 Å². The Bertz CT molecular complexity index is 294. The molecule has 0 radical (unpaired) electrons. The molecule has 18 heavy (non-hydrogen) atoms. The molecule has 0 aromatic carbocycles. The molecule has 0 bridgehead atoms. The summed E-state index contributed by atoms with van der Waals surface area (Å²) in [5, 5.41) is 0. The Kier molecular flexibility index (Phi) is 3.60. The molecule has 5 heteroatoms. The summed E-state index contributed by atoms with van der Waals surface area (Å²) in [4.78, 5) is 2.46. The Balaban J connectivity index is 1.68. The third-order valence-electron chi connectivity index (χ3n) is 4.43. The summed E-state index contributed by atoms with van der Waals surface area (Å²) in [5.41, 5.74) is 6.31. The topological polar surface area (TPSA) is 57.0 Å². The van der Waals surface area contributed by atoms with Crippen molar-refractivity contribution in [2.45, 2.75) is 50.2 Å². The van der Waals surface area contributed by atoms with Gasteiger partial charge in [-0.3, -0.25) is 4.90 Å². The quantitative estimate of drug-likeness (QED) is 0.733. The largest absolute Gasteiger partial charge is 0.376 e. The SMILES string of the molecule is CC1CN(C2CC3(CCC2N)OCCO3)CCO1. The van der Waals surface area contributed by atoms with Crippen LogP contribution in [0.1, 0.15) is 26.2 Å². The highest BCUT2D eigenvalue weighted by molar-refractivity contribution is 4.96. The van der Waals surface area contributed by atoms with E-state index in [0.717, 1.165) is 52.2 Å². The minimum absolute atomic E-state index is 0.230. The molecule has 1 saturated carbocycles. The molecule has 104 valence electrons. The lowest BCUT2D eigenvalue weighted by atomic mass is 9.85. The van der Waals surface area contributed by atoms with Crippen molar-refractivity contribution < 1.29 is 14.2 Å². The average Bonchev–Trinajstić information content (AvgIpc) is 2.81. The summed E-state index contributed by atoms with van der Waals surface area (Å²) in [5.74, 6) is -0.345. The van der Waals surface area contributed by atoms with E-state index < -0.39 is 0 Å². The van der Waals surface area contributed by atoms with Gasteiger partial charge in [0.25, 0.3) is 0 Å². The predicted molar refractivity (Wildman–Crippen MR) is 67.2 cm³/mol. The summed E-state index contributed by atoms with van der Waals surface area (Å²) < 4.78 is 17.3. The van der Waals surface area contributed by atoms with Crippen LogP contribution in [0.3, 0.4) is 0 Å². The zero-order chi connectivity index (χ0) is 12.6. The van der Waals surface area contributed by atoms with E-state index >= 15 is 0 Å². The highest BCUT2D eigenvalue weighted by Gasteiger charge is 2.46. The lowest BCUT2D eigenvalue weighted by Gasteiger charge is -2.46. The number of morpholine rings is 1. The fraction of sp³-hybridized carbons (Fsp3) is 1.00. The molecule has 2 aliphatic heterocycles. The van der Waals surface area contributed by atoms with Gasteiger partial charge in [0.1, 0.15) is 0 Å². The lowest BCUT2D eigenvalue weighted by Crippen LogP contribution is -2.59. The Morgan fingerprint density at radius 1 is 1.22 bits per heavy atom. The number of nitrogens with two attached hydrogens (primary N) is 1. The molecule has 2 saturated heterocycles. The maximum atomic E-state index is 6.31. The van der Waals surface area contributed by atoms with Crippen LogP contribution in [0.4, 0.5) is 0 Å². The molecule has 3 unspecified atom stereocenters. The monoisotopic (exact) mass is 256 g/mol. The van der Waals surface area contributed by atoms with Gasteiger partial charge in [0, 0.05) is 38.0 Å². The van der Waals surface area contributed by atoms with E-state index in [2.05, 4.69) is 11.8 Å². The van der Waals surface area contributed by atoms with Crippen LogP contribution in [0.2, 0.25) is 0 Å². The average molecular weight is 256 g/mol. The normalized spacial score (nSPS) is 41.3. The lowest BCUT2D eigenvalue weighted by molar-refractivity contribution is -0.196. The molecular weight excluding hydrogens is 232 g/mol. The maximum absolute atomic E-state index is 6.31. The molecule has 2 N–H and O–H groups in total. The minimum atomic E-state index is -0.345. The smallest absolute Gasteiger partial charge is 0.170 e. The van der Waals surface area contributed by atoms with Gasteiger partial charge in [-0.2, -0.15) is 0 Å². The summed E-state index contributed by atoms with van der Waals surface area (Å²) in [6.45, 7) is 6.31. The van der Waals surface area contributed by atoms with Crippen molar-refractivity contribution in [2.24, 2.45) is 5.73 Å². The number of rotatable bonds is 1. The molecule has 3 rings (SSSR count). The van der Waals surface area contributed by atoms with Gasteiger partial charge in [-0.05, 0) is 13.3 Å². The Morgan fingerprint density at radius 3 is 2.72 bits per heavy atom. The molecular formula is C13H24N2O3. The molecule has 0 amide bonds. The Morgan fingerprint density at radius 2 is 2.00 bits per heavy atom. The standard InChI is InChI=1S/C13H24N2O3/c1-10-9-15(4-5-16-10)12-8-13(3-2-11(12)14)17-6-7-18-13/h10-12H,2-9,14H2,1H3. The summed E-state index contributed by atoms with van der Waals surface area (Å²) in [6, 6.07) is 0.594. The van der Waals surface area contributed by atoms with Crippen LogP contribution in [0.25, 0.3) is 0 Å². The number of ether oxygens (including phenoxy) is 3. The third-order valence-corrected chi connectivity index (χ3v) is 4.43. The van der Waals surface area contributed by atoms with Crippen molar-refractivity contribution >= 4 is 0 Å². The van der Waals surface area contributed by atoms with Crippen LogP contribution >= 0.6 is 0 Å². The highest BCUT2D eigenvalue weighted by Crippen LogP contribution is 2.37. The molecule has 3 aliphatic rings. The molecule has 5 nitrogen and oxygen atoms in total. The zero-order valence-electron chi connectivity index (χ0n) is 11.1. The molecule has 0 aromatic rings. The van der Waals surface area contributed by atoms with E-state index in [4.69, 9.17) is 19.9 Å². The first-order valence-corrected chi connectivity index (χ1v) is 7.08. The van der Waals surface area contributed by atoms with Crippen LogP contribution in [-0.4, -0.2) is 61.8 Å². The van der Waals surface area contributed by atoms with Gasteiger partial charge in [0.2, 0.25) is 0 Å². The minimum Gasteiger partial charge on any atom is -0.376 e. The van der Waals surface area contributed by atoms with Gasteiger partial charge in [0.05, 0.1) is 25.9 Å². The number of nitrogens with zero attached hydrogens (tertiary/aromatic N) is 1. The summed E-state index contributed by atoms with van der Waals surface area (Å²) in [6.07, 6.45) is 3.12. The van der Waals surface area contributed by atoms with E-state index in [-0.39, 0.29) is 11.8 Å². The van der Waals surface area contributed by atoms with Crippen LogP contribution in [-0.2, 0) is 14.2 Å². The second-order valence-electron chi connectivity index (χ2n) is 5.76. The van der Waals surface area contributed by atoms with Crippen LogP contribution < -0.4 is 5.73 Å². The number of hydrogen-bond donors (Lipinski definition) is 1. The summed E-state index contributed by atoms with van der Waals surface area (Å²) in [7, 11) is 0. The van der Waals surface area contributed by atoms with Crippen LogP contribution in [0.5, 0.6) is 0 Å². The van der Waals surface area contributed by atoms with Gasteiger partial charge in [-0.15, -0.1) is 0 Å². The van der Waals surface area contributed by atoms with E-state index in [1.807, 2.05) is 0 Å². The van der Waals surface area contributed by atoms with Gasteiger partial charge < -0.3 is 19.9 Å². The fourth-order valence-corrected chi connectivity index (χ4v) is 3.46. The predicted octanol–water partition coefficient (Wildman–Crippen LogP) is 0.330. The molecule has 1 spiro atoms. The molecule has 1 aliphatic carbocycles. The van der Waals surface area contributed by atoms with E-state index in [9.17, 15) is 0 Å². The number of hydrogen-bond acceptors (Lipinski definition) is 5. The first-order chi connectivity index (χ1) is 8.69. The summed E-state index contributed by atoms with van der Waals surface area (Å²) >= 11 is 0. The molecule has 0 aromatic heterocycles. The molecule has 2 heterocycles. The van der Waals surface area contributed by atoms with Crippen molar-refractivity contribution in [2.75, 3.05) is 32.9 Å². The van der Waals surface area contributed by atoms with Gasteiger partial charge in [0.15, 0.2) is 5.79 Å². The van der Waals surface area contributed by atoms with E-state index in [1.165, 1.54) is 0 Å². The highest BCUT2D eigenvalue weighted by atomic mass is 16.7. The van der Waals surface area contributed by atoms with Gasteiger partial charge in [-0.1, -0.05) is 0 Å². The van der Waals surface area contributed by atoms with Crippen molar-refractivity contribution in [3.8, 4) is 0 Å². The second kappa shape index (κ2) is 5.06. The van der Waals surface area contributed by atoms with Crippen molar-refractivity contribution in [3.05, 3.63) is 0 Å². The third kappa shape index (κ3) is 2.42. The zero-order valence-corrected chi connectivity index (χ0v) is 11.1. The maximum Gasteiger partial charge on any atom is 0.170 e. The fourth-order valence-electron chi connectivity index (χ4n) is 3.46. The van der Waals surface area contributed by atoms with Crippen LogP contribution in [0, 0.1) is 0 Å². The van der Waals surface area contributed by atoms with Crippen molar-refractivity contribution in [3.63, 3.8) is 0 Å². The first kappa shape index (κ1) is 12.8. The Hall–Kier alpha value is -0.200. The Labute approximate surface area is 109 Å². The van der Waals surface area contributed by atoms with Crippen LogP contribution in [0.15, 0.2) is 0 Å². The van der Waals surface area contributed by atoms with Gasteiger partial charge >= 0.3 is 0 Å². The first-order valence-electron chi connectivity index (χ1n) is 7.08. The van der Waals surface area contributed by atoms with Crippen molar-refractivity contribution in [1.82, 2.24) is 4.90 Å². The van der Waals surface area contributed by atoms with E-state index in [0.29, 0.717) is 12.1 Å². The second-order valence-corrected chi connectivity index (χ2v) is 5.76. The van der Waals surface area contributed by atoms with Crippen molar-refractivity contribution in [1.29, 1.82) is 0 Å².